The van der Waals surface area contributed by atoms with Gasteiger partial charge in [0.25, 0.3) is 0 Å². The molecule has 0 saturated heterocycles. The van der Waals surface area contributed by atoms with Crippen LogP contribution < -0.4 is 0 Å². The van der Waals surface area contributed by atoms with Crippen LogP contribution in [0.25, 0.3) is 0 Å². The van der Waals surface area contributed by atoms with Gasteiger partial charge in [-0.1, -0.05) is 65.4 Å². The molecule has 0 aromatic heterocycles. The van der Waals surface area contributed by atoms with Crippen molar-refractivity contribution in [3.63, 3.8) is 0 Å². The Hall–Kier alpha value is -2.26. The maximum atomic E-state index is 10.0. The van der Waals surface area contributed by atoms with Crippen LogP contribution in [0.4, 0.5) is 0 Å². The minimum atomic E-state index is -0.303. The summed E-state index contributed by atoms with van der Waals surface area (Å²) in [5.74, 6) is 0.733. The lowest BCUT2D eigenvalue weighted by Gasteiger charge is -2.48. The maximum Gasteiger partial charge on any atom is 0.115 e. The van der Waals surface area contributed by atoms with E-state index in [1.54, 1.807) is 6.07 Å². The van der Waals surface area contributed by atoms with Crippen molar-refractivity contribution in [2.24, 2.45) is 5.92 Å². The van der Waals surface area contributed by atoms with Gasteiger partial charge < -0.3 is 10.0 Å². The number of benzene rings is 2. The molecule has 0 spiro atoms. The number of phenols is 1. The summed E-state index contributed by atoms with van der Waals surface area (Å²) in [6, 6.07) is 14.4. The summed E-state index contributed by atoms with van der Waals surface area (Å²) in [4.78, 5) is 2.51. The molecule has 27 heavy (non-hydrogen) atoms. The Morgan fingerprint density at radius 2 is 1.89 bits per heavy atom. The number of aromatic hydroxyl groups is 1. The van der Waals surface area contributed by atoms with E-state index in [-0.39, 0.29) is 5.54 Å². The van der Waals surface area contributed by atoms with Crippen molar-refractivity contribution in [3.05, 3.63) is 99.7 Å². The molecule has 4 rings (SSSR count). The fourth-order valence-electron chi connectivity index (χ4n) is 4.29. The van der Waals surface area contributed by atoms with Gasteiger partial charge in [-0.25, -0.2) is 0 Å². The molecular formula is C24H24BrNO. The molecule has 1 N–H and O–H groups in total. The summed E-state index contributed by atoms with van der Waals surface area (Å²) < 4.78 is 1.08. The van der Waals surface area contributed by atoms with Crippen LogP contribution in [0.5, 0.6) is 5.75 Å². The molecule has 1 aliphatic heterocycles. The maximum absolute atomic E-state index is 10.0. The molecule has 1 heterocycles. The molecule has 2 aromatic carbocycles. The zero-order valence-electron chi connectivity index (χ0n) is 15.7. The lowest BCUT2D eigenvalue weighted by atomic mass is 9.76. The van der Waals surface area contributed by atoms with E-state index in [0.717, 1.165) is 17.4 Å². The molecule has 2 atom stereocenters. The summed E-state index contributed by atoms with van der Waals surface area (Å²) in [6.07, 6.45) is 11.9. The summed E-state index contributed by atoms with van der Waals surface area (Å²) >= 11 is 3.56. The third-order valence-electron chi connectivity index (χ3n) is 5.70. The van der Waals surface area contributed by atoms with Gasteiger partial charge in [-0.3, -0.25) is 0 Å². The van der Waals surface area contributed by atoms with Crippen LogP contribution in [-0.4, -0.2) is 16.6 Å². The predicted octanol–water partition coefficient (Wildman–Crippen LogP) is 5.92. The van der Waals surface area contributed by atoms with Crippen LogP contribution in [0.3, 0.4) is 0 Å². The van der Waals surface area contributed by atoms with Gasteiger partial charge in [0.2, 0.25) is 0 Å². The van der Waals surface area contributed by atoms with E-state index < -0.39 is 0 Å². The highest BCUT2D eigenvalue weighted by Crippen LogP contribution is 2.44. The molecule has 1 aliphatic carbocycles. The first kappa shape index (κ1) is 18.1. The molecule has 0 amide bonds. The van der Waals surface area contributed by atoms with Gasteiger partial charge in [0.15, 0.2) is 0 Å². The molecule has 3 heteroatoms. The van der Waals surface area contributed by atoms with Gasteiger partial charge in [0, 0.05) is 16.7 Å². The first-order valence-electron chi connectivity index (χ1n) is 9.41. The quantitative estimate of drug-likeness (QED) is 0.649. The zero-order chi connectivity index (χ0) is 19.0. The highest BCUT2D eigenvalue weighted by atomic mass is 79.9. The number of allylic oxidation sites excluding steroid dienone is 5. The number of rotatable bonds is 2. The third kappa shape index (κ3) is 3.25. The minimum absolute atomic E-state index is 0.303. The summed E-state index contributed by atoms with van der Waals surface area (Å²) in [5.41, 5.74) is 4.67. The van der Waals surface area contributed by atoms with E-state index in [1.807, 2.05) is 6.07 Å². The van der Waals surface area contributed by atoms with E-state index in [1.165, 1.54) is 22.4 Å². The fourth-order valence-corrected chi connectivity index (χ4v) is 4.55. The van der Waals surface area contributed by atoms with Crippen LogP contribution in [0.2, 0.25) is 0 Å². The molecule has 2 nitrogen and oxygen atoms in total. The smallest absolute Gasteiger partial charge is 0.115 e. The Morgan fingerprint density at radius 1 is 1.11 bits per heavy atom. The second-order valence-corrected chi connectivity index (χ2v) is 8.43. The number of hydrogen-bond donors (Lipinski definition) is 1. The number of nitrogens with zero attached hydrogens (tertiary/aromatic N) is 1. The number of hydrogen-bond acceptors (Lipinski definition) is 2. The van der Waals surface area contributed by atoms with Crippen molar-refractivity contribution >= 4 is 15.9 Å². The Morgan fingerprint density at radius 3 is 2.67 bits per heavy atom. The van der Waals surface area contributed by atoms with Gasteiger partial charge in [-0.2, -0.15) is 0 Å². The Bertz CT molecular complexity index is 941. The Labute approximate surface area is 169 Å². The van der Waals surface area contributed by atoms with Crippen LogP contribution >= 0.6 is 15.9 Å². The standard InChI is InChI=1S/C24H24BrNO/c1-17-5-3-4-6-21(15-17)26-14-13-18-16-22(27)11-12-23(18)24(26,2)19-7-9-20(25)10-8-19/h3-12,15-17,27H,13-14H2,1-2H3. The van der Waals surface area contributed by atoms with Gasteiger partial charge in [-0.05, 0) is 66.3 Å². The summed E-state index contributed by atoms with van der Waals surface area (Å²) in [5, 5.41) is 10.0. The molecule has 2 aromatic rings. The number of fused-ring (bicyclic) bond motifs is 1. The SMILES string of the molecule is CC1C=CC=CC(N2CCc3cc(O)ccc3C2(C)c2ccc(Br)cc2)=C1. The fraction of sp³-hybridized carbons (Fsp3) is 0.250. The largest absolute Gasteiger partial charge is 0.508 e. The molecule has 2 unspecified atom stereocenters. The van der Waals surface area contributed by atoms with Crippen molar-refractivity contribution in [2.45, 2.75) is 25.8 Å². The van der Waals surface area contributed by atoms with E-state index >= 15 is 0 Å². The molecular weight excluding hydrogens is 398 g/mol. The summed E-state index contributed by atoms with van der Waals surface area (Å²) in [6.45, 7) is 5.42. The second-order valence-electron chi connectivity index (χ2n) is 7.52. The average Bonchev–Trinajstić information content (AvgIpc) is 2.86. The zero-order valence-corrected chi connectivity index (χ0v) is 17.3. The van der Waals surface area contributed by atoms with Crippen LogP contribution in [0.15, 0.2) is 83.0 Å². The normalized spacial score (nSPS) is 24.3. The lowest BCUT2D eigenvalue weighted by molar-refractivity contribution is 0.179. The molecule has 0 fully saturated rings. The molecule has 2 aliphatic rings. The highest BCUT2D eigenvalue weighted by Gasteiger charge is 2.40. The first-order valence-corrected chi connectivity index (χ1v) is 10.2. The highest BCUT2D eigenvalue weighted by molar-refractivity contribution is 9.10. The van der Waals surface area contributed by atoms with Gasteiger partial charge in [-0.15, -0.1) is 0 Å². The average molecular weight is 422 g/mol. The van der Waals surface area contributed by atoms with Crippen molar-refractivity contribution in [1.82, 2.24) is 4.90 Å². The monoisotopic (exact) mass is 421 g/mol. The van der Waals surface area contributed by atoms with Crippen molar-refractivity contribution in [1.29, 1.82) is 0 Å². The minimum Gasteiger partial charge on any atom is -0.508 e. The van der Waals surface area contributed by atoms with Crippen molar-refractivity contribution < 1.29 is 5.11 Å². The predicted molar refractivity (Wildman–Crippen MR) is 115 cm³/mol. The second kappa shape index (κ2) is 7.05. The van der Waals surface area contributed by atoms with E-state index in [0.29, 0.717) is 11.7 Å². The van der Waals surface area contributed by atoms with Gasteiger partial charge in [0.05, 0.1) is 5.54 Å². The van der Waals surface area contributed by atoms with Crippen LogP contribution in [0, 0.1) is 5.92 Å². The molecule has 0 radical (unpaired) electrons. The molecule has 0 bridgehead atoms. The molecule has 138 valence electrons. The first-order chi connectivity index (χ1) is 13.0. The lowest BCUT2D eigenvalue weighted by Crippen LogP contribution is -2.48. The molecule has 0 saturated carbocycles. The van der Waals surface area contributed by atoms with Crippen LogP contribution in [-0.2, 0) is 12.0 Å². The van der Waals surface area contributed by atoms with Crippen molar-refractivity contribution in [3.8, 4) is 5.75 Å². The number of halogens is 1. The third-order valence-corrected chi connectivity index (χ3v) is 6.23. The number of phenolic OH excluding ortho intramolecular Hbond substituents is 1. The van der Waals surface area contributed by atoms with Gasteiger partial charge in [0.1, 0.15) is 5.75 Å². The Balaban J connectivity index is 1.91. The summed E-state index contributed by atoms with van der Waals surface area (Å²) in [7, 11) is 0. The van der Waals surface area contributed by atoms with E-state index in [2.05, 4.69) is 95.4 Å². The topological polar surface area (TPSA) is 23.5 Å². The van der Waals surface area contributed by atoms with E-state index in [9.17, 15) is 5.11 Å². The Kier molecular flexibility index (Phi) is 4.73. The van der Waals surface area contributed by atoms with E-state index in [4.69, 9.17) is 0 Å². The van der Waals surface area contributed by atoms with Crippen LogP contribution in [0.1, 0.15) is 30.5 Å². The van der Waals surface area contributed by atoms with Gasteiger partial charge >= 0.3 is 0 Å². The van der Waals surface area contributed by atoms with Crippen molar-refractivity contribution in [2.75, 3.05) is 6.54 Å².